The molecule has 1 N–H and O–H groups in total. The van der Waals surface area contributed by atoms with Gasteiger partial charge in [-0.1, -0.05) is 18.2 Å². The highest BCUT2D eigenvalue weighted by molar-refractivity contribution is 7.87. The zero-order chi connectivity index (χ0) is 21.9. The van der Waals surface area contributed by atoms with Crippen molar-refractivity contribution in [3.05, 3.63) is 53.6 Å². The van der Waals surface area contributed by atoms with E-state index in [1.54, 1.807) is 18.2 Å². The molecule has 0 amide bonds. The molecule has 2 aromatic carbocycles. The number of alkyl halides is 3. The molecule has 0 bridgehead atoms. The fourth-order valence-corrected chi connectivity index (χ4v) is 4.22. The van der Waals surface area contributed by atoms with Crippen molar-refractivity contribution in [2.45, 2.75) is 31.9 Å². The lowest BCUT2D eigenvalue weighted by atomic mass is 10.1. The average molecular weight is 444 g/mol. The number of fused-ring (bicyclic) bond motifs is 1. The number of ether oxygens (including phenoxy) is 1. The summed E-state index contributed by atoms with van der Waals surface area (Å²) in [6.07, 6.45) is -5.51. The van der Waals surface area contributed by atoms with E-state index in [1.165, 1.54) is 18.2 Å². The van der Waals surface area contributed by atoms with E-state index in [-0.39, 0.29) is 11.5 Å². The van der Waals surface area contributed by atoms with Crippen LogP contribution in [-0.4, -0.2) is 31.4 Å². The van der Waals surface area contributed by atoms with E-state index < -0.39 is 46.8 Å². The number of carboxylic acids is 1. The summed E-state index contributed by atoms with van der Waals surface area (Å²) in [5.74, 6) is -1.55. The van der Waals surface area contributed by atoms with E-state index in [9.17, 15) is 31.5 Å². The van der Waals surface area contributed by atoms with E-state index in [0.29, 0.717) is 18.6 Å². The van der Waals surface area contributed by atoms with Crippen molar-refractivity contribution < 1.29 is 40.4 Å². The first-order valence-corrected chi connectivity index (χ1v) is 10.7. The lowest BCUT2D eigenvalue weighted by Crippen LogP contribution is -2.16. The lowest BCUT2D eigenvalue weighted by Gasteiger charge is -2.12. The molecular weight excluding hydrogens is 425 g/mol. The van der Waals surface area contributed by atoms with Gasteiger partial charge in [0.05, 0.1) is 11.7 Å². The van der Waals surface area contributed by atoms with Gasteiger partial charge in [0.25, 0.3) is 0 Å². The molecule has 0 heterocycles. The highest BCUT2D eigenvalue weighted by atomic mass is 32.2. The molecule has 10 heteroatoms. The molecule has 3 rings (SSSR count). The molecule has 162 valence electrons. The van der Waals surface area contributed by atoms with Crippen LogP contribution in [-0.2, 0) is 27.8 Å². The van der Waals surface area contributed by atoms with Gasteiger partial charge in [0, 0.05) is 12.5 Å². The molecule has 6 nitrogen and oxygen atoms in total. The van der Waals surface area contributed by atoms with Crippen LogP contribution in [0.1, 0.15) is 24.0 Å². The van der Waals surface area contributed by atoms with Crippen LogP contribution < -0.4 is 8.92 Å². The normalized spacial score (nSPS) is 16.2. The third-order valence-corrected chi connectivity index (χ3v) is 5.84. The third-order valence-electron chi connectivity index (χ3n) is 4.61. The van der Waals surface area contributed by atoms with E-state index in [1.807, 2.05) is 6.07 Å². The van der Waals surface area contributed by atoms with Crippen molar-refractivity contribution in [3.8, 4) is 17.2 Å². The molecule has 0 aliphatic heterocycles. The summed E-state index contributed by atoms with van der Waals surface area (Å²) < 4.78 is 71.1. The molecule has 30 heavy (non-hydrogen) atoms. The maximum atomic E-state index is 12.2. The Morgan fingerprint density at radius 2 is 1.80 bits per heavy atom. The number of hydrogen-bond acceptors (Lipinski definition) is 5. The van der Waals surface area contributed by atoms with Crippen molar-refractivity contribution in [3.63, 3.8) is 0 Å². The van der Waals surface area contributed by atoms with Gasteiger partial charge in [0.15, 0.2) is 0 Å². The van der Waals surface area contributed by atoms with Crippen LogP contribution in [0.3, 0.4) is 0 Å². The van der Waals surface area contributed by atoms with Crippen molar-refractivity contribution in [2.24, 2.45) is 5.92 Å². The molecule has 1 aliphatic rings. The number of carbonyl (C=O) groups is 1. The van der Waals surface area contributed by atoms with Gasteiger partial charge in [0.1, 0.15) is 17.2 Å². The lowest BCUT2D eigenvalue weighted by molar-refractivity contribution is -0.141. The quantitative estimate of drug-likeness (QED) is 0.610. The van der Waals surface area contributed by atoms with Crippen molar-refractivity contribution in [1.29, 1.82) is 0 Å². The zero-order valence-electron chi connectivity index (χ0n) is 15.7. The molecule has 1 unspecified atom stereocenters. The molecule has 0 saturated carbocycles. The Bertz CT molecular complexity index is 1030. The van der Waals surface area contributed by atoms with Gasteiger partial charge in [-0.25, -0.2) is 0 Å². The summed E-state index contributed by atoms with van der Waals surface area (Å²) in [5, 5.41) is 9.24. The standard InChI is InChI=1S/C20H19F3O6S/c21-20(22,23)8-3-9-30(26,27)29-16-6-2-5-15(12-16)28-18-7-1-4-13-10-14(19(24)25)11-17(13)18/h1-2,4-7,12,14H,3,8-11H2,(H,24,25). The first-order valence-electron chi connectivity index (χ1n) is 9.13. The van der Waals surface area contributed by atoms with Crippen LogP contribution in [0, 0.1) is 5.92 Å². The van der Waals surface area contributed by atoms with Crippen LogP contribution >= 0.6 is 0 Å². The van der Waals surface area contributed by atoms with Crippen LogP contribution in [0.2, 0.25) is 0 Å². The highest BCUT2D eigenvalue weighted by Crippen LogP contribution is 2.37. The Labute approximate surface area is 171 Å². The van der Waals surface area contributed by atoms with E-state index in [2.05, 4.69) is 0 Å². The number of benzene rings is 2. The minimum atomic E-state index is -4.43. The minimum Gasteiger partial charge on any atom is -0.481 e. The second-order valence-electron chi connectivity index (χ2n) is 6.98. The van der Waals surface area contributed by atoms with Crippen molar-refractivity contribution in [1.82, 2.24) is 0 Å². The Morgan fingerprint density at radius 3 is 2.50 bits per heavy atom. The molecule has 0 fully saturated rings. The summed E-state index contributed by atoms with van der Waals surface area (Å²) in [6, 6.07) is 11.0. The maximum Gasteiger partial charge on any atom is 0.389 e. The minimum absolute atomic E-state index is 0.0875. The first kappa shape index (κ1) is 21.9. The summed E-state index contributed by atoms with van der Waals surface area (Å²) in [4.78, 5) is 11.3. The summed E-state index contributed by atoms with van der Waals surface area (Å²) in [6.45, 7) is 0. The van der Waals surface area contributed by atoms with Gasteiger partial charge in [-0.2, -0.15) is 21.6 Å². The summed E-state index contributed by atoms with van der Waals surface area (Å²) in [5.41, 5.74) is 1.65. The van der Waals surface area contributed by atoms with Crippen molar-refractivity contribution in [2.75, 3.05) is 5.75 Å². The Morgan fingerprint density at radius 1 is 1.10 bits per heavy atom. The number of halogens is 3. The predicted octanol–water partition coefficient (Wildman–Crippen LogP) is 4.33. The van der Waals surface area contributed by atoms with Crippen LogP contribution in [0.4, 0.5) is 13.2 Å². The van der Waals surface area contributed by atoms with E-state index in [4.69, 9.17) is 8.92 Å². The molecule has 0 radical (unpaired) electrons. The summed E-state index contributed by atoms with van der Waals surface area (Å²) in [7, 11) is -4.19. The molecule has 2 aromatic rings. The fraction of sp³-hybridized carbons (Fsp3) is 0.350. The second kappa shape index (κ2) is 8.55. The van der Waals surface area contributed by atoms with Crippen molar-refractivity contribution >= 4 is 16.1 Å². The first-order chi connectivity index (χ1) is 14.0. The summed E-state index contributed by atoms with van der Waals surface area (Å²) >= 11 is 0. The topological polar surface area (TPSA) is 89.9 Å². The van der Waals surface area contributed by atoms with Crippen LogP contribution in [0.5, 0.6) is 17.2 Å². The Hall–Kier alpha value is -2.75. The smallest absolute Gasteiger partial charge is 0.389 e. The maximum absolute atomic E-state index is 12.2. The molecule has 1 aliphatic carbocycles. The van der Waals surface area contributed by atoms with Gasteiger partial charge in [0.2, 0.25) is 0 Å². The number of carboxylic acid groups (broad SMARTS) is 1. The second-order valence-corrected chi connectivity index (χ2v) is 8.67. The zero-order valence-corrected chi connectivity index (χ0v) is 16.5. The van der Waals surface area contributed by atoms with Crippen LogP contribution in [0.15, 0.2) is 42.5 Å². The van der Waals surface area contributed by atoms with Crippen LogP contribution in [0.25, 0.3) is 0 Å². The van der Waals surface area contributed by atoms with E-state index in [0.717, 1.165) is 11.1 Å². The number of aliphatic carboxylic acids is 1. The third kappa shape index (κ3) is 5.88. The van der Waals surface area contributed by atoms with Gasteiger partial charge < -0.3 is 14.0 Å². The molecule has 0 spiro atoms. The molecular formula is C20H19F3O6S. The monoisotopic (exact) mass is 444 g/mol. The predicted molar refractivity (Wildman–Crippen MR) is 101 cm³/mol. The number of hydrogen-bond donors (Lipinski definition) is 1. The van der Waals surface area contributed by atoms with Gasteiger partial charge in [-0.05, 0) is 48.6 Å². The SMILES string of the molecule is O=C(O)C1Cc2cccc(Oc3cccc(OS(=O)(=O)CCCC(F)(F)F)c3)c2C1. The molecule has 0 saturated heterocycles. The fourth-order valence-electron chi connectivity index (χ4n) is 3.24. The Balaban J connectivity index is 1.69. The van der Waals surface area contributed by atoms with Gasteiger partial charge in [-0.3, -0.25) is 4.79 Å². The number of rotatable bonds is 8. The highest BCUT2D eigenvalue weighted by Gasteiger charge is 2.30. The average Bonchev–Trinajstić information content (AvgIpc) is 3.06. The van der Waals surface area contributed by atoms with Gasteiger partial charge in [-0.15, -0.1) is 0 Å². The molecule has 1 atom stereocenters. The molecule has 0 aromatic heterocycles. The Kier molecular flexibility index (Phi) is 6.25. The van der Waals surface area contributed by atoms with E-state index >= 15 is 0 Å². The largest absolute Gasteiger partial charge is 0.481 e. The van der Waals surface area contributed by atoms with Gasteiger partial charge >= 0.3 is 22.3 Å².